The van der Waals surface area contributed by atoms with Gasteiger partial charge in [-0.1, -0.05) is 4.49 Å². The number of nitrogens with one attached hydrogen (secondary N) is 1. The third kappa shape index (κ3) is 2.11. The lowest BCUT2D eigenvalue weighted by Gasteiger charge is -2.05. The van der Waals surface area contributed by atoms with E-state index in [9.17, 15) is 9.59 Å². The lowest BCUT2D eigenvalue weighted by Crippen LogP contribution is -2.38. The van der Waals surface area contributed by atoms with Crippen LogP contribution in [0, 0.1) is 0 Å². The molecule has 0 saturated carbocycles. The van der Waals surface area contributed by atoms with Crippen LogP contribution in [0.5, 0.6) is 0 Å². The molecular weight excluding hydrogens is 242 g/mol. The standard InChI is InChI=1S/C9H11N5O2S/c1-10-8-6(11-12-17-8)5-14-7(15)3-4-13(2)9(14)16/h3-4,10H,5H2,1-2H3. The van der Waals surface area contributed by atoms with Crippen molar-refractivity contribution in [1.82, 2.24) is 18.7 Å². The molecule has 0 aliphatic carbocycles. The van der Waals surface area contributed by atoms with E-state index in [4.69, 9.17) is 0 Å². The van der Waals surface area contributed by atoms with Gasteiger partial charge in [-0.3, -0.25) is 9.36 Å². The average Bonchev–Trinajstić information content (AvgIpc) is 2.77. The highest BCUT2D eigenvalue weighted by Gasteiger charge is 2.10. The molecule has 0 atom stereocenters. The van der Waals surface area contributed by atoms with Crippen LogP contribution in [0.3, 0.4) is 0 Å². The molecule has 0 saturated heterocycles. The molecule has 7 nitrogen and oxygen atoms in total. The molecule has 0 aliphatic rings. The largest absolute Gasteiger partial charge is 0.377 e. The van der Waals surface area contributed by atoms with Gasteiger partial charge in [0.05, 0.1) is 6.54 Å². The number of anilines is 1. The van der Waals surface area contributed by atoms with Gasteiger partial charge < -0.3 is 9.88 Å². The number of aryl methyl sites for hydroxylation is 1. The molecule has 0 aromatic carbocycles. The van der Waals surface area contributed by atoms with Gasteiger partial charge >= 0.3 is 5.69 Å². The maximum absolute atomic E-state index is 11.8. The fourth-order valence-electron chi connectivity index (χ4n) is 1.41. The summed E-state index contributed by atoms with van der Waals surface area (Å²) < 4.78 is 6.25. The van der Waals surface area contributed by atoms with Crippen LogP contribution in [-0.4, -0.2) is 25.8 Å². The average molecular weight is 253 g/mol. The van der Waals surface area contributed by atoms with Crippen molar-refractivity contribution in [3.05, 3.63) is 38.8 Å². The molecule has 2 aromatic rings. The van der Waals surface area contributed by atoms with Gasteiger partial charge in [-0.05, 0) is 0 Å². The van der Waals surface area contributed by atoms with Crippen molar-refractivity contribution in [2.24, 2.45) is 7.05 Å². The molecule has 0 spiro atoms. The van der Waals surface area contributed by atoms with Gasteiger partial charge in [-0.15, -0.1) is 5.10 Å². The van der Waals surface area contributed by atoms with E-state index >= 15 is 0 Å². The summed E-state index contributed by atoms with van der Waals surface area (Å²) >= 11 is 1.19. The molecule has 90 valence electrons. The van der Waals surface area contributed by atoms with Crippen LogP contribution in [0.1, 0.15) is 5.69 Å². The van der Waals surface area contributed by atoms with Crippen LogP contribution in [0.2, 0.25) is 0 Å². The van der Waals surface area contributed by atoms with Crippen molar-refractivity contribution < 1.29 is 0 Å². The Labute approximate surface area is 101 Å². The highest BCUT2D eigenvalue weighted by atomic mass is 32.1. The van der Waals surface area contributed by atoms with Crippen LogP contribution >= 0.6 is 11.5 Å². The van der Waals surface area contributed by atoms with Gasteiger partial charge in [0, 0.05) is 37.9 Å². The summed E-state index contributed by atoms with van der Waals surface area (Å²) in [5.41, 5.74) is -0.126. The normalized spacial score (nSPS) is 10.5. The molecule has 0 radical (unpaired) electrons. The van der Waals surface area contributed by atoms with Crippen LogP contribution in [-0.2, 0) is 13.6 Å². The quantitative estimate of drug-likeness (QED) is 0.796. The molecule has 0 aliphatic heterocycles. The van der Waals surface area contributed by atoms with Gasteiger partial charge in [0.25, 0.3) is 5.56 Å². The molecule has 0 amide bonds. The number of aromatic nitrogens is 4. The lowest BCUT2D eigenvalue weighted by atomic mass is 10.4. The minimum atomic E-state index is -0.368. The Kier molecular flexibility index (Phi) is 3.05. The molecule has 1 N–H and O–H groups in total. The molecule has 2 heterocycles. The molecule has 8 heteroatoms. The van der Waals surface area contributed by atoms with Crippen LogP contribution in [0.15, 0.2) is 21.9 Å². The van der Waals surface area contributed by atoms with E-state index in [0.717, 1.165) is 9.57 Å². The zero-order valence-corrected chi connectivity index (χ0v) is 10.2. The maximum atomic E-state index is 11.8. The van der Waals surface area contributed by atoms with Crippen molar-refractivity contribution in [2.75, 3.05) is 12.4 Å². The second kappa shape index (κ2) is 4.50. The first kappa shape index (κ1) is 11.5. The Morgan fingerprint density at radius 3 is 2.94 bits per heavy atom. The Bertz CT molecular complexity index is 641. The van der Waals surface area contributed by atoms with Crippen LogP contribution < -0.4 is 16.6 Å². The highest BCUT2D eigenvalue weighted by molar-refractivity contribution is 7.10. The van der Waals surface area contributed by atoms with Gasteiger partial charge in [-0.25, -0.2) is 4.79 Å². The van der Waals surface area contributed by atoms with E-state index in [2.05, 4.69) is 14.9 Å². The molecule has 2 aromatic heterocycles. The first-order chi connectivity index (χ1) is 8.13. The zero-order valence-electron chi connectivity index (χ0n) is 9.38. The Morgan fingerprint density at radius 1 is 1.47 bits per heavy atom. The van der Waals surface area contributed by atoms with E-state index in [1.165, 1.54) is 28.4 Å². The lowest BCUT2D eigenvalue weighted by molar-refractivity contribution is 0.630. The zero-order chi connectivity index (χ0) is 12.4. The number of nitrogens with zero attached hydrogens (tertiary/aromatic N) is 4. The van der Waals surface area contributed by atoms with E-state index in [1.807, 2.05) is 0 Å². The van der Waals surface area contributed by atoms with Gasteiger partial charge in [-0.2, -0.15) is 0 Å². The van der Waals surface area contributed by atoms with Crippen molar-refractivity contribution in [2.45, 2.75) is 6.54 Å². The number of rotatable bonds is 3. The van der Waals surface area contributed by atoms with Gasteiger partial charge in [0.2, 0.25) is 0 Å². The third-order valence-corrected chi connectivity index (χ3v) is 3.12. The highest BCUT2D eigenvalue weighted by Crippen LogP contribution is 2.16. The Hall–Kier alpha value is -1.96. The smallest absolute Gasteiger partial charge is 0.331 e. The summed E-state index contributed by atoms with van der Waals surface area (Å²) in [5, 5.41) is 7.56. The second-order valence-electron chi connectivity index (χ2n) is 3.43. The molecule has 0 unspecified atom stereocenters. The van der Waals surface area contributed by atoms with Crippen molar-refractivity contribution in [1.29, 1.82) is 0 Å². The van der Waals surface area contributed by atoms with Crippen molar-refractivity contribution >= 4 is 16.5 Å². The van der Waals surface area contributed by atoms with E-state index in [1.54, 1.807) is 14.1 Å². The van der Waals surface area contributed by atoms with Crippen LogP contribution in [0.4, 0.5) is 5.00 Å². The maximum Gasteiger partial charge on any atom is 0.331 e. The predicted octanol–water partition coefficient (Wildman–Crippen LogP) is -0.512. The Morgan fingerprint density at radius 2 is 2.24 bits per heavy atom. The summed E-state index contributed by atoms with van der Waals surface area (Å²) in [6.07, 6.45) is 1.44. The van der Waals surface area contributed by atoms with Crippen LogP contribution in [0.25, 0.3) is 0 Å². The first-order valence-corrected chi connectivity index (χ1v) is 5.66. The topological polar surface area (TPSA) is 81.8 Å². The third-order valence-electron chi connectivity index (χ3n) is 2.33. The predicted molar refractivity (Wildman–Crippen MR) is 64.5 cm³/mol. The summed E-state index contributed by atoms with van der Waals surface area (Å²) in [6, 6.07) is 1.35. The molecule has 17 heavy (non-hydrogen) atoms. The van der Waals surface area contributed by atoms with E-state index in [0.29, 0.717) is 5.69 Å². The second-order valence-corrected chi connectivity index (χ2v) is 4.19. The Balaban J connectivity index is 2.47. The summed E-state index contributed by atoms with van der Waals surface area (Å²) in [4.78, 5) is 23.4. The number of hydrogen-bond acceptors (Lipinski definition) is 6. The van der Waals surface area contributed by atoms with Gasteiger partial charge in [0.15, 0.2) is 0 Å². The molecular formula is C9H11N5O2S. The fourth-order valence-corrected chi connectivity index (χ4v) is 1.93. The summed E-state index contributed by atoms with van der Waals surface area (Å²) in [7, 11) is 3.33. The van der Waals surface area contributed by atoms with Crippen molar-refractivity contribution in [3.63, 3.8) is 0 Å². The minimum Gasteiger partial charge on any atom is -0.377 e. The summed E-state index contributed by atoms with van der Waals surface area (Å²) in [6.45, 7) is 0.124. The van der Waals surface area contributed by atoms with E-state index < -0.39 is 0 Å². The van der Waals surface area contributed by atoms with E-state index in [-0.39, 0.29) is 17.8 Å². The fraction of sp³-hybridized carbons (Fsp3) is 0.333. The SMILES string of the molecule is CNc1snnc1Cn1c(=O)ccn(C)c1=O. The molecule has 0 fully saturated rings. The molecule has 2 rings (SSSR count). The monoisotopic (exact) mass is 253 g/mol. The molecule has 0 bridgehead atoms. The minimum absolute atomic E-state index is 0.124. The first-order valence-electron chi connectivity index (χ1n) is 4.89. The van der Waals surface area contributed by atoms with Gasteiger partial charge in [0.1, 0.15) is 10.7 Å². The number of hydrogen-bond donors (Lipinski definition) is 1. The summed E-state index contributed by atoms with van der Waals surface area (Å²) in [5.74, 6) is 0. The van der Waals surface area contributed by atoms with Crippen molar-refractivity contribution in [3.8, 4) is 0 Å².